The third-order valence-corrected chi connectivity index (χ3v) is 5.57. The normalized spacial score (nSPS) is 11.2. The molecule has 0 atom stereocenters. The molecule has 1 aromatic heterocycles. The van der Waals surface area contributed by atoms with Crippen molar-refractivity contribution in [3.8, 4) is 11.6 Å². The molecule has 0 saturated heterocycles. The van der Waals surface area contributed by atoms with Gasteiger partial charge in [0.15, 0.2) is 0 Å². The van der Waals surface area contributed by atoms with Gasteiger partial charge in [0.05, 0.1) is 29.1 Å². The zero-order valence-corrected chi connectivity index (χ0v) is 18.7. The number of fused-ring (bicyclic) bond motifs is 1. The third kappa shape index (κ3) is 4.28. The summed E-state index contributed by atoms with van der Waals surface area (Å²) in [6.07, 6.45) is 1.57. The highest BCUT2D eigenvalue weighted by Crippen LogP contribution is 2.27. The summed E-state index contributed by atoms with van der Waals surface area (Å²) in [6.45, 7) is 6.06. The van der Waals surface area contributed by atoms with Crippen LogP contribution < -0.4 is 5.56 Å². The molecule has 0 fully saturated rings. The van der Waals surface area contributed by atoms with E-state index < -0.39 is 5.97 Å². The van der Waals surface area contributed by atoms with Crippen molar-refractivity contribution in [1.82, 2.24) is 4.57 Å². The summed E-state index contributed by atoms with van der Waals surface area (Å²) in [4.78, 5) is 29.8. The minimum Gasteiger partial charge on any atom is -0.494 e. The second-order valence-corrected chi connectivity index (χ2v) is 7.72. The number of esters is 1. The third-order valence-electron chi connectivity index (χ3n) is 5.57. The SMILES string of the molecule is CCOC(=O)c1ccc(-n2c(O)c(C=Nc3ccc(C)c(C)c3)c3ccccc3c2=O)cc1. The molecule has 33 heavy (non-hydrogen) atoms. The standard InChI is InChI=1S/C27H24N2O4/c1-4-33-27(32)19-10-13-21(14-11-19)29-25(30)23-8-6-5-7-22(23)24(26(29)31)16-28-20-12-9-17(2)18(3)15-20/h5-16,31H,4H2,1-3H3. The first-order chi connectivity index (χ1) is 15.9. The number of pyridine rings is 1. The van der Waals surface area contributed by atoms with Gasteiger partial charge >= 0.3 is 5.97 Å². The van der Waals surface area contributed by atoms with Gasteiger partial charge in [0, 0.05) is 17.0 Å². The van der Waals surface area contributed by atoms with Gasteiger partial charge in [-0.1, -0.05) is 24.3 Å². The highest BCUT2D eigenvalue weighted by atomic mass is 16.5. The van der Waals surface area contributed by atoms with Crippen LogP contribution in [0.25, 0.3) is 16.5 Å². The van der Waals surface area contributed by atoms with Gasteiger partial charge in [0.2, 0.25) is 5.88 Å². The van der Waals surface area contributed by atoms with Crippen LogP contribution in [0.3, 0.4) is 0 Å². The maximum absolute atomic E-state index is 13.2. The predicted octanol–water partition coefficient (Wildman–Crippen LogP) is 5.24. The number of hydrogen-bond donors (Lipinski definition) is 1. The van der Waals surface area contributed by atoms with Gasteiger partial charge in [0.25, 0.3) is 5.56 Å². The molecule has 0 aliphatic carbocycles. The number of nitrogens with zero attached hydrogens (tertiary/aromatic N) is 2. The van der Waals surface area contributed by atoms with Crippen LogP contribution in [-0.2, 0) is 4.74 Å². The first-order valence-electron chi connectivity index (χ1n) is 10.7. The number of aryl methyl sites for hydroxylation is 2. The molecule has 0 aliphatic rings. The first kappa shape index (κ1) is 22.0. The number of aliphatic imine (C=N–C) groups is 1. The Morgan fingerprint density at radius 3 is 2.36 bits per heavy atom. The van der Waals surface area contributed by atoms with E-state index in [0.29, 0.717) is 27.6 Å². The summed E-state index contributed by atoms with van der Waals surface area (Å²) in [6, 6.07) is 19.3. The molecule has 166 valence electrons. The Morgan fingerprint density at radius 1 is 1.00 bits per heavy atom. The molecule has 1 N–H and O–H groups in total. The molecular formula is C27H24N2O4. The molecule has 0 amide bonds. The van der Waals surface area contributed by atoms with Gasteiger partial charge in [-0.15, -0.1) is 0 Å². The van der Waals surface area contributed by atoms with Crippen LogP contribution in [0, 0.1) is 13.8 Å². The van der Waals surface area contributed by atoms with E-state index in [9.17, 15) is 14.7 Å². The van der Waals surface area contributed by atoms with Crippen molar-refractivity contribution in [3.63, 3.8) is 0 Å². The summed E-state index contributed by atoms with van der Waals surface area (Å²) < 4.78 is 6.23. The van der Waals surface area contributed by atoms with Crippen molar-refractivity contribution in [2.75, 3.05) is 6.61 Å². The van der Waals surface area contributed by atoms with E-state index in [0.717, 1.165) is 11.3 Å². The number of benzene rings is 3. The van der Waals surface area contributed by atoms with E-state index in [2.05, 4.69) is 4.99 Å². The van der Waals surface area contributed by atoms with Gasteiger partial charge in [-0.05, 0) is 74.4 Å². The zero-order chi connectivity index (χ0) is 23.5. The maximum atomic E-state index is 13.2. The van der Waals surface area contributed by atoms with E-state index in [1.807, 2.05) is 38.1 Å². The number of aromatic hydroxyl groups is 1. The number of ether oxygens (including phenoxy) is 1. The largest absolute Gasteiger partial charge is 0.494 e. The molecule has 6 heteroatoms. The lowest BCUT2D eigenvalue weighted by Gasteiger charge is -2.14. The minimum atomic E-state index is -0.444. The Kier molecular flexibility index (Phi) is 6.09. The van der Waals surface area contributed by atoms with Crippen LogP contribution in [0.2, 0.25) is 0 Å². The predicted molar refractivity (Wildman–Crippen MR) is 130 cm³/mol. The molecule has 0 radical (unpaired) electrons. The number of aromatic nitrogens is 1. The molecule has 0 saturated carbocycles. The Balaban J connectivity index is 1.86. The van der Waals surface area contributed by atoms with Crippen LogP contribution in [0.15, 0.2) is 76.5 Å². The zero-order valence-electron chi connectivity index (χ0n) is 18.7. The lowest BCUT2D eigenvalue weighted by atomic mass is 10.1. The smallest absolute Gasteiger partial charge is 0.338 e. The van der Waals surface area contributed by atoms with Gasteiger partial charge in [-0.2, -0.15) is 0 Å². The number of carbonyl (C=O) groups is 1. The molecular weight excluding hydrogens is 416 g/mol. The quantitative estimate of drug-likeness (QED) is 0.340. The van der Waals surface area contributed by atoms with Gasteiger partial charge in [-0.3, -0.25) is 9.79 Å². The average Bonchev–Trinajstić information content (AvgIpc) is 2.82. The molecule has 0 spiro atoms. The first-order valence-corrected chi connectivity index (χ1v) is 10.7. The summed E-state index contributed by atoms with van der Waals surface area (Å²) in [7, 11) is 0. The van der Waals surface area contributed by atoms with Gasteiger partial charge in [-0.25, -0.2) is 9.36 Å². The summed E-state index contributed by atoms with van der Waals surface area (Å²) in [5.41, 5.74) is 3.89. The average molecular weight is 440 g/mol. The topological polar surface area (TPSA) is 80.9 Å². The second kappa shape index (κ2) is 9.12. The molecule has 0 unspecified atom stereocenters. The fourth-order valence-electron chi connectivity index (χ4n) is 3.63. The maximum Gasteiger partial charge on any atom is 0.338 e. The molecule has 0 aliphatic heterocycles. The van der Waals surface area contributed by atoms with Crippen molar-refractivity contribution >= 4 is 28.6 Å². The molecule has 3 aromatic carbocycles. The Morgan fingerprint density at radius 2 is 1.70 bits per heavy atom. The molecule has 1 heterocycles. The van der Waals surface area contributed by atoms with Crippen molar-refractivity contribution < 1.29 is 14.6 Å². The molecule has 4 rings (SSSR count). The Labute approximate surface area is 191 Å². The molecule has 4 aromatic rings. The van der Waals surface area contributed by atoms with Gasteiger partial charge in [0.1, 0.15) is 0 Å². The number of hydrogen-bond acceptors (Lipinski definition) is 5. The number of rotatable bonds is 5. The van der Waals surface area contributed by atoms with Crippen LogP contribution in [0.5, 0.6) is 5.88 Å². The summed E-state index contributed by atoms with van der Waals surface area (Å²) in [5.74, 6) is -0.671. The van der Waals surface area contributed by atoms with E-state index in [-0.39, 0.29) is 18.0 Å². The highest BCUT2D eigenvalue weighted by Gasteiger charge is 2.17. The number of carbonyl (C=O) groups excluding carboxylic acids is 1. The summed E-state index contributed by atoms with van der Waals surface area (Å²) >= 11 is 0. The van der Waals surface area contributed by atoms with Crippen molar-refractivity contribution in [3.05, 3.63) is 99.3 Å². The summed E-state index contributed by atoms with van der Waals surface area (Å²) in [5, 5.41) is 12.2. The molecule has 0 bridgehead atoms. The fourth-order valence-corrected chi connectivity index (χ4v) is 3.63. The highest BCUT2D eigenvalue weighted by molar-refractivity contribution is 6.02. The van der Waals surface area contributed by atoms with Crippen molar-refractivity contribution in [1.29, 1.82) is 0 Å². The Bertz CT molecular complexity index is 1430. The molecule has 6 nitrogen and oxygen atoms in total. The second-order valence-electron chi connectivity index (χ2n) is 7.72. The van der Waals surface area contributed by atoms with Crippen LogP contribution in [-0.4, -0.2) is 28.5 Å². The van der Waals surface area contributed by atoms with E-state index in [1.165, 1.54) is 10.1 Å². The van der Waals surface area contributed by atoms with E-state index >= 15 is 0 Å². The van der Waals surface area contributed by atoms with Crippen molar-refractivity contribution in [2.24, 2.45) is 4.99 Å². The fraction of sp³-hybridized carbons (Fsp3) is 0.148. The van der Waals surface area contributed by atoms with E-state index in [4.69, 9.17) is 4.74 Å². The van der Waals surface area contributed by atoms with Crippen LogP contribution >= 0.6 is 0 Å². The monoisotopic (exact) mass is 440 g/mol. The van der Waals surface area contributed by atoms with Gasteiger partial charge < -0.3 is 9.84 Å². The van der Waals surface area contributed by atoms with Crippen LogP contribution in [0.4, 0.5) is 5.69 Å². The van der Waals surface area contributed by atoms with Crippen LogP contribution in [0.1, 0.15) is 34.0 Å². The Hall–Kier alpha value is -4.19. The minimum absolute atomic E-state index is 0.227. The lowest BCUT2D eigenvalue weighted by molar-refractivity contribution is 0.0526. The van der Waals surface area contributed by atoms with Crippen molar-refractivity contribution in [2.45, 2.75) is 20.8 Å². The van der Waals surface area contributed by atoms with E-state index in [1.54, 1.807) is 55.6 Å². The lowest BCUT2D eigenvalue weighted by Crippen LogP contribution is -2.20.